The molecule has 21 heavy (non-hydrogen) atoms. The summed E-state index contributed by atoms with van der Waals surface area (Å²) in [4.78, 5) is 2.07. The SMILES string of the molecule is CB(O)N1CCC(C(OCCO)c2ccc(Cl)cc2)CC1. The fraction of sp³-hybridized carbons (Fsp3) is 0.600. The topological polar surface area (TPSA) is 52.9 Å². The lowest BCUT2D eigenvalue weighted by Gasteiger charge is -2.36. The molecule has 0 amide bonds. The lowest BCUT2D eigenvalue weighted by Crippen LogP contribution is -2.44. The van der Waals surface area contributed by atoms with Gasteiger partial charge in [0.15, 0.2) is 0 Å². The zero-order valence-electron chi connectivity index (χ0n) is 12.4. The molecule has 1 aliphatic rings. The second-order valence-corrected chi connectivity index (χ2v) is 6.01. The van der Waals surface area contributed by atoms with Crippen LogP contribution in [-0.2, 0) is 4.74 Å². The molecule has 1 unspecified atom stereocenters. The van der Waals surface area contributed by atoms with E-state index in [1.165, 1.54) is 0 Å². The monoisotopic (exact) mass is 311 g/mol. The van der Waals surface area contributed by atoms with E-state index in [-0.39, 0.29) is 12.7 Å². The zero-order valence-corrected chi connectivity index (χ0v) is 13.2. The van der Waals surface area contributed by atoms with Crippen molar-refractivity contribution >= 4 is 18.7 Å². The van der Waals surface area contributed by atoms with Gasteiger partial charge in [0, 0.05) is 5.02 Å². The maximum atomic E-state index is 9.64. The summed E-state index contributed by atoms with van der Waals surface area (Å²) in [5.74, 6) is 0.396. The van der Waals surface area contributed by atoms with Gasteiger partial charge in [-0.2, -0.15) is 0 Å². The van der Waals surface area contributed by atoms with Gasteiger partial charge in [0.2, 0.25) is 0 Å². The molecule has 0 aromatic heterocycles. The van der Waals surface area contributed by atoms with Crippen LogP contribution in [0.15, 0.2) is 24.3 Å². The Morgan fingerprint density at radius 3 is 2.48 bits per heavy atom. The molecule has 0 aliphatic carbocycles. The van der Waals surface area contributed by atoms with Crippen LogP contribution in [0.1, 0.15) is 24.5 Å². The van der Waals surface area contributed by atoms with Crippen molar-refractivity contribution in [1.29, 1.82) is 0 Å². The highest BCUT2D eigenvalue weighted by atomic mass is 35.5. The van der Waals surface area contributed by atoms with Crippen LogP contribution in [0.5, 0.6) is 0 Å². The lowest BCUT2D eigenvalue weighted by atomic mass is 9.79. The van der Waals surface area contributed by atoms with E-state index in [4.69, 9.17) is 21.4 Å². The van der Waals surface area contributed by atoms with E-state index in [2.05, 4.69) is 4.81 Å². The number of halogens is 1. The Balaban J connectivity index is 2.04. The van der Waals surface area contributed by atoms with Crippen LogP contribution in [0.25, 0.3) is 0 Å². The van der Waals surface area contributed by atoms with E-state index in [9.17, 15) is 5.02 Å². The first-order valence-corrected chi connectivity index (χ1v) is 7.89. The van der Waals surface area contributed by atoms with Gasteiger partial charge >= 0.3 is 7.05 Å². The standard InChI is InChI=1S/C15H23BClNO3/c1-16(20)18-8-6-13(7-9-18)15(21-11-10-19)12-2-4-14(17)5-3-12/h2-5,13,15,19-20H,6-11H2,1H3. The highest BCUT2D eigenvalue weighted by molar-refractivity contribution is 6.45. The maximum absolute atomic E-state index is 9.64. The molecule has 0 spiro atoms. The molecule has 6 heteroatoms. The molecular weight excluding hydrogens is 288 g/mol. The highest BCUT2D eigenvalue weighted by Gasteiger charge is 2.30. The first-order chi connectivity index (χ1) is 10.1. The Hall–Kier alpha value is -0.585. The number of piperidine rings is 1. The predicted molar refractivity (Wildman–Crippen MR) is 85.4 cm³/mol. The molecule has 1 atom stereocenters. The normalized spacial score (nSPS) is 18.7. The minimum absolute atomic E-state index is 0.0226. The summed E-state index contributed by atoms with van der Waals surface area (Å²) >= 11 is 5.95. The van der Waals surface area contributed by atoms with E-state index >= 15 is 0 Å². The average Bonchev–Trinajstić information content (AvgIpc) is 2.50. The number of benzene rings is 1. The van der Waals surface area contributed by atoms with Crippen molar-refractivity contribution in [3.8, 4) is 0 Å². The molecular formula is C15H23BClNO3. The van der Waals surface area contributed by atoms with Crippen LogP contribution in [0.4, 0.5) is 0 Å². The molecule has 1 aromatic rings. The fourth-order valence-electron chi connectivity index (χ4n) is 2.93. The van der Waals surface area contributed by atoms with Gasteiger partial charge in [-0.3, -0.25) is 0 Å². The van der Waals surface area contributed by atoms with Gasteiger partial charge in [-0.25, -0.2) is 0 Å². The van der Waals surface area contributed by atoms with Gasteiger partial charge in [-0.05, 0) is 56.4 Å². The summed E-state index contributed by atoms with van der Waals surface area (Å²) in [6.07, 6.45) is 1.93. The van der Waals surface area contributed by atoms with Crippen LogP contribution in [0.2, 0.25) is 11.8 Å². The number of nitrogens with zero attached hydrogens (tertiary/aromatic N) is 1. The third kappa shape index (κ3) is 4.69. The van der Waals surface area contributed by atoms with Gasteiger partial charge in [0.25, 0.3) is 0 Å². The van der Waals surface area contributed by atoms with E-state index in [1.807, 2.05) is 24.3 Å². The van der Waals surface area contributed by atoms with E-state index in [1.54, 1.807) is 6.82 Å². The van der Waals surface area contributed by atoms with Crippen LogP contribution >= 0.6 is 11.6 Å². The van der Waals surface area contributed by atoms with Crippen molar-refractivity contribution in [3.05, 3.63) is 34.9 Å². The molecule has 1 fully saturated rings. The number of aliphatic hydroxyl groups is 1. The van der Waals surface area contributed by atoms with Crippen molar-refractivity contribution in [2.24, 2.45) is 5.92 Å². The molecule has 1 aromatic carbocycles. The minimum atomic E-state index is -0.390. The molecule has 1 heterocycles. The Bertz CT molecular complexity index is 421. The second kappa shape index (κ2) is 8.15. The van der Waals surface area contributed by atoms with Gasteiger partial charge in [0.05, 0.1) is 19.3 Å². The molecule has 116 valence electrons. The molecule has 2 N–H and O–H groups in total. The number of hydrogen-bond donors (Lipinski definition) is 2. The fourth-order valence-corrected chi connectivity index (χ4v) is 3.06. The van der Waals surface area contributed by atoms with Crippen molar-refractivity contribution in [2.45, 2.75) is 25.8 Å². The first-order valence-electron chi connectivity index (χ1n) is 7.52. The summed E-state index contributed by atoms with van der Waals surface area (Å²) in [6.45, 7) is 3.91. The average molecular weight is 312 g/mol. The second-order valence-electron chi connectivity index (χ2n) is 5.57. The van der Waals surface area contributed by atoms with Crippen molar-refractivity contribution in [3.63, 3.8) is 0 Å². The van der Waals surface area contributed by atoms with Gasteiger partial charge in [-0.15, -0.1) is 0 Å². The third-order valence-corrected chi connectivity index (χ3v) is 4.37. The van der Waals surface area contributed by atoms with Crippen LogP contribution in [-0.4, -0.2) is 48.3 Å². The Morgan fingerprint density at radius 2 is 1.95 bits per heavy atom. The van der Waals surface area contributed by atoms with Crippen molar-refractivity contribution in [2.75, 3.05) is 26.3 Å². The third-order valence-electron chi connectivity index (χ3n) is 4.12. The number of rotatable bonds is 6. The van der Waals surface area contributed by atoms with Gasteiger partial charge < -0.3 is 19.7 Å². The molecule has 4 nitrogen and oxygen atoms in total. The van der Waals surface area contributed by atoms with E-state index in [0.717, 1.165) is 31.5 Å². The predicted octanol–water partition coefficient (Wildman–Crippen LogP) is 2.21. The Kier molecular flexibility index (Phi) is 6.52. The molecule has 2 rings (SSSR count). The zero-order chi connectivity index (χ0) is 15.2. The molecule has 0 saturated carbocycles. The molecule has 1 saturated heterocycles. The summed E-state index contributed by atoms with van der Waals surface area (Å²) in [6, 6.07) is 7.73. The number of hydrogen-bond acceptors (Lipinski definition) is 4. The first kappa shape index (κ1) is 16.8. The number of ether oxygens (including phenoxy) is 1. The quantitative estimate of drug-likeness (QED) is 0.791. The summed E-state index contributed by atoms with van der Waals surface area (Å²) in [5.41, 5.74) is 1.10. The van der Waals surface area contributed by atoms with Gasteiger partial charge in [-0.1, -0.05) is 23.7 Å². The summed E-state index contributed by atoms with van der Waals surface area (Å²) in [7, 11) is -0.390. The number of aliphatic hydroxyl groups excluding tert-OH is 1. The highest BCUT2D eigenvalue weighted by Crippen LogP contribution is 2.34. The van der Waals surface area contributed by atoms with E-state index in [0.29, 0.717) is 17.5 Å². The Labute approximate surface area is 131 Å². The van der Waals surface area contributed by atoms with Gasteiger partial charge in [0.1, 0.15) is 0 Å². The largest absolute Gasteiger partial charge is 0.437 e. The van der Waals surface area contributed by atoms with Crippen LogP contribution in [0.3, 0.4) is 0 Å². The van der Waals surface area contributed by atoms with Crippen molar-refractivity contribution < 1.29 is 14.9 Å². The van der Waals surface area contributed by atoms with E-state index < -0.39 is 7.05 Å². The summed E-state index contributed by atoms with van der Waals surface area (Å²) in [5, 5.41) is 19.4. The smallest absolute Gasteiger partial charge is 0.376 e. The summed E-state index contributed by atoms with van der Waals surface area (Å²) < 4.78 is 5.88. The van der Waals surface area contributed by atoms with Crippen LogP contribution in [0, 0.1) is 5.92 Å². The lowest BCUT2D eigenvalue weighted by molar-refractivity contribution is -0.0206. The van der Waals surface area contributed by atoms with Crippen molar-refractivity contribution in [1.82, 2.24) is 4.81 Å². The molecule has 0 radical (unpaired) electrons. The maximum Gasteiger partial charge on any atom is 0.376 e. The minimum Gasteiger partial charge on any atom is -0.437 e. The molecule has 1 aliphatic heterocycles. The molecule has 0 bridgehead atoms. The Morgan fingerprint density at radius 1 is 1.33 bits per heavy atom. The van der Waals surface area contributed by atoms with Crippen LogP contribution < -0.4 is 0 Å².